The van der Waals surface area contributed by atoms with Crippen molar-refractivity contribution in [3.63, 3.8) is 0 Å². The number of rotatable bonds is 5. The zero-order valence-electron chi connectivity index (χ0n) is 14.7. The number of aromatic nitrogens is 1. The number of hydrogen-bond acceptors (Lipinski definition) is 4. The van der Waals surface area contributed by atoms with Gasteiger partial charge in [-0.25, -0.2) is 0 Å². The highest BCUT2D eigenvalue weighted by Gasteiger charge is 2.30. The van der Waals surface area contributed by atoms with Crippen molar-refractivity contribution >= 4 is 23.0 Å². The predicted octanol–water partition coefficient (Wildman–Crippen LogP) is 5.10. The summed E-state index contributed by atoms with van der Waals surface area (Å²) >= 11 is 0. The summed E-state index contributed by atoms with van der Waals surface area (Å²) in [5.74, 6) is 0.137. The number of para-hydroxylation sites is 2. The Hall–Kier alpha value is -3.55. The minimum Gasteiger partial charge on any atom is -0.495 e. The molecule has 0 aliphatic carbocycles. The second kappa shape index (κ2) is 7.99. The van der Waals surface area contributed by atoms with E-state index in [1.54, 1.807) is 25.4 Å². The van der Waals surface area contributed by atoms with E-state index >= 15 is 0 Å². The molecule has 1 aromatic heterocycles. The number of benzene rings is 2. The molecule has 0 atom stereocenters. The SMILES string of the molecule is COc1ccccc1Nc1cncc(C(=O)Nc2ccc(C(F)(F)F)cc2)c1. The summed E-state index contributed by atoms with van der Waals surface area (Å²) < 4.78 is 43.1. The molecule has 3 rings (SSSR count). The number of methoxy groups -OCH3 is 1. The van der Waals surface area contributed by atoms with E-state index in [1.165, 1.54) is 18.3 Å². The summed E-state index contributed by atoms with van der Waals surface area (Å²) in [6.45, 7) is 0. The largest absolute Gasteiger partial charge is 0.495 e. The van der Waals surface area contributed by atoms with E-state index in [4.69, 9.17) is 4.74 Å². The molecule has 5 nitrogen and oxygen atoms in total. The van der Waals surface area contributed by atoms with Gasteiger partial charge in [0.2, 0.25) is 0 Å². The molecular weight excluding hydrogens is 371 g/mol. The Morgan fingerprint density at radius 3 is 2.39 bits per heavy atom. The Labute approximate surface area is 159 Å². The van der Waals surface area contributed by atoms with Crippen molar-refractivity contribution in [1.29, 1.82) is 0 Å². The zero-order valence-corrected chi connectivity index (χ0v) is 14.7. The molecule has 8 heteroatoms. The molecule has 0 aliphatic rings. The molecule has 0 spiro atoms. The number of carbonyl (C=O) groups is 1. The molecule has 2 N–H and O–H groups in total. The number of pyridine rings is 1. The fourth-order valence-electron chi connectivity index (χ4n) is 2.48. The second-order valence-electron chi connectivity index (χ2n) is 5.82. The van der Waals surface area contributed by atoms with Gasteiger partial charge in [0, 0.05) is 11.9 Å². The molecular formula is C20H16F3N3O2. The number of amides is 1. The first-order valence-corrected chi connectivity index (χ1v) is 8.20. The van der Waals surface area contributed by atoms with Crippen molar-refractivity contribution in [2.24, 2.45) is 0 Å². The van der Waals surface area contributed by atoms with Crippen LogP contribution in [0.5, 0.6) is 5.75 Å². The molecule has 2 aromatic carbocycles. The molecule has 0 saturated heterocycles. The normalized spacial score (nSPS) is 11.0. The maximum atomic E-state index is 12.6. The third-order valence-corrected chi connectivity index (χ3v) is 3.86. The topological polar surface area (TPSA) is 63.2 Å². The molecule has 0 bridgehead atoms. The van der Waals surface area contributed by atoms with Gasteiger partial charge >= 0.3 is 6.18 Å². The van der Waals surface area contributed by atoms with Gasteiger partial charge in [-0.3, -0.25) is 9.78 Å². The van der Waals surface area contributed by atoms with Crippen LogP contribution >= 0.6 is 0 Å². The van der Waals surface area contributed by atoms with Crippen LogP contribution in [0.2, 0.25) is 0 Å². The molecule has 0 aliphatic heterocycles. The van der Waals surface area contributed by atoms with Crippen molar-refractivity contribution in [2.75, 3.05) is 17.7 Å². The van der Waals surface area contributed by atoms with Gasteiger partial charge in [0.15, 0.2) is 0 Å². The lowest BCUT2D eigenvalue weighted by atomic mass is 10.2. The highest BCUT2D eigenvalue weighted by atomic mass is 19.4. The first-order chi connectivity index (χ1) is 13.4. The van der Waals surface area contributed by atoms with Gasteiger partial charge in [0.1, 0.15) is 5.75 Å². The second-order valence-corrected chi connectivity index (χ2v) is 5.82. The van der Waals surface area contributed by atoms with Gasteiger partial charge in [-0.15, -0.1) is 0 Å². The van der Waals surface area contributed by atoms with Gasteiger partial charge in [0.25, 0.3) is 5.91 Å². The number of hydrogen-bond donors (Lipinski definition) is 2. The van der Waals surface area contributed by atoms with E-state index in [9.17, 15) is 18.0 Å². The van der Waals surface area contributed by atoms with E-state index in [0.717, 1.165) is 12.1 Å². The smallest absolute Gasteiger partial charge is 0.416 e. The van der Waals surface area contributed by atoms with Crippen molar-refractivity contribution in [2.45, 2.75) is 6.18 Å². The summed E-state index contributed by atoms with van der Waals surface area (Å²) in [7, 11) is 1.55. The Balaban J connectivity index is 1.73. The van der Waals surface area contributed by atoms with Crippen molar-refractivity contribution in [3.05, 3.63) is 78.1 Å². The predicted molar refractivity (Wildman–Crippen MR) is 99.9 cm³/mol. The Morgan fingerprint density at radius 2 is 1.71 bits per heavy atom. The molecule has 144 valence electrons. The van der Waals surface area contributed by atoms with Crippen LogP contribution in [0.15, 0.2) is 67.0 Å². The first kappa shape index (κ1) is 19.2. The quantitative estimate of drug-likeness (QED) is 0.639. The maximum absolute atomic E-state index is 12.6. The molecule has 0 fully saturated rings. The van der Waals surface area contributed by atoms with E-state index in [-0.39, 0.29) is 11.3 Å². The molecule has 28 heavy (non-hydrogen) atoms. The van der Waals surface area contributed by atoms with Crippen molar-refractivity contribution in [3.8, 4) is 5.75 Å². The third-order valence-electron chi connectivity index (χ3n) is 3.86. The number of nitrogens with one attached hydrogen (secondary N) is 2. The molecule has 1 amide bonds. The van der Waals surface area contributed by atoms with Gasteiger partial charge in [-0.05, 0) is 42.5 Å². The Morgan fingerprint density at radius 1 is 1.00 bits per heavy atom. The summed E-state index contributed by atoms with van der Waals surface area (Å²) in [5.41, 5.74) is 0.979. The molecule has 0 unspecified atom stereocenters. The van der Waals surface area contributed by atoms with Crippen LogP contribution in [-0.4, -0.2) is 18.0 Å². The van der Waals surface area contributed by atoms with Crippen LogP contribution in [0, 0.1) is 0 Å². The van der Waals surface area contributed by atoms with Crippen molar-refractivity contribution < 1.29 is 22.7 Å². The van der Waals surface area contributed by atoms with Crippen LogP contribution in [0.3, 0.4) is 0 Å². The minimum atomic E-state index is -4.43. The fraction of sp³-hybridized carbons (Fsp3) is 0.100. The van der Waals surface area contributed by atoms with E-state index in [1.807, 2.05) is 18.2 Å². The van der Waals surface area contributed by atoms with Gasteiger partial charge < -0.3 is 15.4 Å². The monoisotopic (exact) mass is 387 g/mol. The first-order valence-electron chi connectivity index (χ1n) is 8.20. The zero-order chi connectivity index (χ0) is 20.1. The van der Waals surface area contributed by atoms with Gasteiger partial charge in [-0.1, -0.05) is 12.1 Å². The standard InChI is InChI=1S/C20H16F3N3O2/c1-28-18-5-3-2-4-17(18)25-16-10-13(11-24-12-16)19(27)26-15-8-6-14(7-9-15)20(21,22)23/h2-12,25H,1H3,(H,26,27). The number of ether oxygens (including phenoxy) is 1. The van der Waals surface area contributed by atoms with Crippen LogP contribution in [0.25, 0.3) is 0 Å². The average molecular weight is 387 g/mol. The number of alkyl halides is 3. The van der Waals surface area contributed by atoms with E-state index < -0.39 is 17.6 Å². The van der Waals surface area contributed by atoms with Crippen LogP contribution < -0.4 is 15.4 Å². The lowest BCUT2D eigenvalue weighted by molar-refractivity contribution is -0.137. The average Bonchev–Trinajstić information content (AvgIpc) is 2.68. The third kappa shape index (κ3) is 4.59. The Kier molecular flexibility index (Phi) is 5.49. The Bertz CT molecular complexity index is 973. The molecule has 1 heterocycles. The number of carbonyl (C=O) groups excluding carboxylic acids is 1. The van der Waals surface area contributed by atoms with Crippen LogP contribution in [0.4, 0.5) is 30.2 Å². The molecule has 0 radical (unpaired) electrons. The summed E-state index contributed by atoms with van der Waals surface area (Å²) in [6.07, 6.45) is -1.51. The van der Waals surface area contributed by atoms with E-state index in [2.05, 4.69) is 15.6 Å². The van der Waals surface area contributed by atoms with E-state index in [0.29, 0.717) is 17.1 Å². The highest BCUT2D eigenvalue weighted by Crippen LogP contribution is 2.30. The van der Waals surface area contributed by atoms with Gasteiger partial charge in [0.05, 0.1) is 35.8 Å². The van der Waals surface area contributed by atoms with Crippen LogP contribution in [0.1, 0.15) is 15.9 Å². The number of halogens is 3. The van der Waals surface area contributed by atoms with Gasteiger partial charge in [-0.2, -0.15) is 13.2 Å². The number of anilines is 3. The van der Waals surface area contributed by atoms with Crippen molar-refractivity contribution in [1.82, 2.24) is 4.98 Å². The summed E-state index contributed by atoms with van der Waals surface area (Å²) in [4.78, 5) is 16.4. The molecule has 3 aromatic rings. The fourth-order valence-corrected chi connectivity index (χ4v) is 2.48. The lowest BCUT2D eigenvalue weighted by Crippen LogP contribution is -2.13. The summed E-state index contributed by atoms with van der Waals surface area (Å²) in [5, 5.41) is 5.67. The van der Waals surface area contributed by atoms with Crippen LogP contribution in [-0.2, 0) is 6.18 Å². The summed E-state index contributed by atoms with van der Waals surface area (Å²) in [6, 6.07) is 13.1. The number of nitrogens with zero attached hydrogens (tertiary/aromatic N) is 1. The lowest BCUT2D eigenvalue weighted by Gasteiger charge is -2.12. The molecule has 0 saturated carbocycles. The minimum absolute atomic E-state index is 0.250. The maximum Gasteiger partial charge on any atom is 0.416 e. The highest BCUT2D eigenvalue weighted by molar-refractivity contribution is 6.04.